The smallest absolute Gasteiger partial charge is 0.272 e. The Morgan fingerprint density at radius 1 is 1.04 bits per heavy atom. The van der Waals surface area contributed by atoms with Crippen LogP contribution in [0, 0.1) is 0 Å². The first kappa shape index (κ1) is 18.8. The average Bonchev–Trinajstić information content (AvgIpc) is 2.72. The lowest BCUT2D eigenvalue weighted by Crippen LogP contribution is -2.47. The summed E-state index contributed by atoms with van der Waals surface area (Å²) in [6.07, 6.45) is 0. The van der Waals surface area contributed by atoms with E-state index in [-0.39, 0.29) is 17.5 Å². The summed E-state index contributed by atoms with van der Waals surface area (Å²) in [5.74, 6) is 0.251. The number of nitrogens with zero attached hydrogens (tertiary/aromatic N) is 3. The van der Waals surface area contributed by atoms with Crippen LogP contribution in [0.25, 0.3) is 0 Å². The third kappa shape index (κ3) is 4.62. The van der Waals surface area contributed by atoms with Gasteiger partial charge in [0.15, 0.2) is 0 Å². The molecular weight excluding hydrogens is 344 g/mol. The molecule has 1 fully saturated rings. The lowest BCUT2D eigenvalue weighted by atomic mass is 10.2. The Balaban J connectivity index is 1.66. The largest absolute Gasteiger partial charge is 0.496 e. The molecule has 0 radical (unpaired) electrons. The number of carbonyl (C=O) groups is 2. The van der Waals surface area contributed by atoms with Crippen LogP contribution in [0.1, 0.15) is 26.5 Å². The van der Waals surface area contributed by atoms with E-state index >= 15 is 0 Å². The van der Waals surface area contributed by atoms with Gasteiger partial charge in [-0.25, -0.2) is 4.98 Å². The number of hydrogen-bond acceptors (Lipinski definition) is 5. The summed E-state index contributed by atoms with van der Waals surface area (Å²) in [7, 11) is 3.63. The summed E-state index contributed by atoms with van der Waals surface area (Å²) in [6.45, 7) is 3.33. The van der Waals surface area contributed by atoms with Crippen LogP contribution in [0.3, 0.4) is 0 Å². The van der Waals surface area contributed by atoms with E-state index in [0.29, 0.717) is 31.1 Å². The van der Waals surface area contributed by atoms with Crippen molar-refractivity contribution in [2.75, 3.05) is 40.3 Å². The summed E-state index contributed by atoms with van der Waals surface area (Å²) >= 11 is 0. The predicted molar refractivity (Wildman–Crippen MR) is 102 cm³/mol. The molecule has 27 heavy (non-hydrogen) atoms. The van der Waals surface area contributed by atoms with Gasteiger partial charge in [-0.3, -0.25) is 9.59 Å². The summed E-state index contributed by atoms with van der Waals surface area (Å²) < 4.78 is 5.29. The number of benzene rings is 1. The highest BCUT2D eigenvalue weighted by atomic mass is 16.5. The number of rotatable bonds is 5. The van der Waals surface area contributed by atoms with Crippen LogP contribution in [-0.4, -0.2) is 66.9 Å². The number of likely N-dealkylation sites (N-methyl/N-ethyl adjacent to an activating group) is 1. The van der Waals surface area contributed by atoms with Crippen LogP contribution < -0.4 is 10.1 Å². The van der Waals surface area contributed by atoms with Crippen LogP contribution in [0.4, 0.5) is 0 Å². The molecule has 0 atom stereocenters. The molecule has 1 aromatic heterocycles. The third-order valence-electron chi connectivity index (χ3n) is 4.62. The number of carbonyl (C=O) groups excluding carboxylic acids is 2. The molecular formula is C20H24N4O3. The molecule has 1 aromatic carbocycles. The van der Waals surface area contributed by atoms with Crippen molar-refractivity contribution in [3.05, 3.63) is 59.4 Å². The quantitative estimate of drug-likeness (QED) is 0.864. The van der Waals surface area contributed by atoms with Crippen molar-refractivity contribution in [3.63, 3.8) is 0 Å². The first-order valence-electron chi connectivity index (χ1n) is 8.93. The average molecular weight is 368 g/mol. The van der Waals surface area contributed by atoms with Crippen LogP contribution in [0.5, 0.6) is 5.75 Å². The van der Waals surface area contributed by atoms with Gasteiger partial charge in [-0.15, -0.1) is 0 Å². The molecule has 1 aliphatic rings. The van der Waals surface area contributed by atoms with Crippen LogP contribution in [0.15, 0.2) is 42.5 Å². The second kappa shape index (κ2) is 8.64. The van der Waals surface area contributed by atoms with Crippen molar-refractivity contribution in [2.24, 2.45) is 0 Å². The highest BCUT2D eigenvalue weighted by Gasteiger charge is 2.22. The molecule has 0 saturated carbocycles. The standard InChI is InChI=1S/C20H24N4O3/c1-23-10-12-24(13-11-23)20(26)17-8-5-7-16(22-17)19(25)21-14-15-6-3-4-9-18(15)27-2/h3-9H,10-14H2,1-2H3,(H,21,25). The Morgan fingerprint density at radius 3 is 2.48 bits per heavy atom. The van der Waals surface area contributed by atoms with Crippen molar-refractivity contribution in [2.45, 2.75) is 6.54 Å². The summed E-state index contributed by atoms with van der Waals surface area (Å²) in [4.78, 5) is 33.3. The minimum Gasteiger partial charge on any atom is -0.496 e. The number of methoxy groups -OCH3 is 1. The molecule has 142 valence electrons. The molecule has 1 saturated heterocycles. The van der Waals surface area contributed by atoms with E-state index < -0.39 is 0 Å². The number of amides is 2. The molecule has 7 heteroatoms. The molecule has 0 bridgehead atoms. The highest BCUT2D eigenvalue weighted by molar-refractivity contribution is 5.96. The normalized spacial score (nSPS) is 14.7. The number of para-hydroxylation sites is 1. The Kier molecular flexibility index (Phi) is 6.03. The Bertz CT molecular complexity index is 816. The van der Waals surface area contributed by atoms with E-state index in [1.165, 1.54) is 0 Å². The fourth-order valence-corrected chi connectivity index (χ4v) is 2.97. The predicted octanol–water partition coefficient (Wildman–Crippen LogP) is 1.41. The molecule has 2 heterocycles. The van der Waals surface area contributed by atoms with Gasteiger partial charge in [0.05, 0.1) is 7.11 Å². The third-order valence-corrected chi connectivity index (χ3v) is 4.62. The van der Waals surface area contributed by atoms with Crippen molar-refractivity contribution >= 4 is 11.8 Å². The zero-order valence-electron chi connectivity index (χ0n) is 15.6. The second-order valence-electron chi connectivity index (χ2n) is 6.50. The van der Waals surface area contributed by atoms with Crippen molar-refractivity contribution < 1.29 is 14.3 Å². The van der Waals surface area contributed by atoms with Gasteiger partial charge in [-0.2, -0.15) is 0 Å². The van der Waals surface area contributed by atoms with E-state index in [2.05, 4.69) is 15.2 Å². The van der Waals surface area contributed by atoms with Crippen LogP contribution in [-0.2, 0) is 6.54 Å². The van der Waals surface area contributed by atoms with Crippen LogP contribution in [0.2, 0.25) is 0 Å². The Morgan fingerprint density at radius 2 is 1.74 bits per heavy atom. The van der Waals surface area contributed by atoms with Gasteiger partial charge < -0.3 is 19.9 Å². The number of piperazine rings is 1. The van der Waals surface area contributed by atoms with Gasteiger partial charge in [0, 0.05) is 38.3 Å². The monoisotopic (exact) mass is 368 g/mol. The number of aromatic nitrogens is 1. The SMILES string of the molecule is COc1ccccc1CNC(=O)c1cccc(C(=O)N2CCN(C)CC2)n1. The van der Waals surface area contributed by atoms with E-state index in [9.17, 15) is 9.59 Å². The Labute approximate surface area is 158 Å². The lowest BCUT2D eigenvalue weighted by Gasteiger charge is -2.32. The number of pyridine rings is 1. The maximum atomic E-state index is 12.6. The van der Waals surface area contributed by atoms with Crippen molar-refractivity contribution in [1.29, 1.82) is 0 Å². The van der Waals surface area contributed by atoms with E-state index in [0.717, 1.165) is 18.7 Å². The molecule has 1 N–H and O–H groups in total. The van der Waals surface area contributed by atoms with Gasteiger partial charge in [-0.1, -0.05) is 24.3 Å². The lowest BCUT2D eigenvalue weighted by molar-refractivity contribution is 0.0658. The maximum Gasteiger partial charge on any atom is 0.272 e. The maximum absolute atomic E-state index is 12.6. The molecule has 0 aliphatic carbocycles. The second-order valence-corrected chi connectivity index (χ2v) is 6.50. The molecule has 1 aliphatic heterocycles. The van der Waals surface area contributed by atoms with Gasteiger partial charge in [0.25, 0.3) is 11.8 Å². The summed E-state index contributed by atoms with van der Waals surface area (Å²) in [5, 5.41) is 2.83. The molecule has 0 spiro atoms. The summed E-state index contributed by atoms with van der Waals surface area (Å²) in [6, 6.07) is 12.4. The molecule has 2 amide bonds. The van der Waals surface area contributed by atoms with E-state index in [1.54, 1.807) is 30.2 Å². The van der Waals surface area contributed by atoms with Crippen molar-refractivity contribution in [1.82, 2.24) is 20.1 Å². The highest BCUT2D eigenvalue weighted by Crippen LogP contribution is 2.17. The molecule has 0 unspecified atom stereocenters. The van der Waals surface area contributed by atoms with Crippen LogP contribution >= 0.6 is 0 Å². The first-order chi connectivity index (χ1) is 13.1. The zero-order chi connectivity index (χ0) is 19.2. The zero-order valence-corrected chi connectivity index (χ0v) is 15.6. The fraction of sp³-hybridized carbons (Fsp3) is 0.350. The van der Waals surface area contributed by atoms with E-state index in [4.69, 9.17) is 4.74 Å². The van der Waals surface area contributed by atoms with Gasteiger partial charge in [0.1, 0.15) is 17.1 Å². The summed E-state index contributed by atoms with van der Waals surface area (Å²) in [5.41, 5.74) is 1.40. The Hall–Kier alpha value is -2.93. The number of ether oxygens (including phenoxy) is 1. The minimum atomic E-state index is -0.325. The molecule has 7 nitrogen and oxygen atoms in total. The van der Waals surface area contributed by atoms with Crippen molar-refractivity contribution in [3.8, 4) is 5.75 Å². The van der Waals surface area contributed by atoms with Gasteiger partial charge >= 0.3 is 0 Å². The molecule has 2 aromatic rings. The molecule has 3 rings (SSSR count). The number of nitrogens with one attached hydrogen (secondary N) is 1. The van der Waals surface area contributed by atoms with Gasteiger partial charge in [-0.05, 0) is 25.2 Å². The van der Waals surface area contributed by atoms with E-state index in [1.807, 2.05) is 31.3 Å². The fourth-order valence-electron chi connectivity index (χ4n) is 2.97. The first-order valence-corrected chi connectivity index (χ1v) is 8.93. The minimum absolute atomic E-state index is 0.137. The number of hydrogen-bond donors (Lipinski definition) is 1. The van der Waals surface area contributed by atoms with Gasteiger partial charge in [0.2, 0.25) is 0 Å². The topological polar surface area (TPSA) is 74.8 Å².